The lowest BCUT2D eigenvalue weighted by molar-refractivity contribution is -0.150. The number of rotatable bonds is 25. The van der Waals surface area contributed by atoms with Crippen molar-refractivity contribution in [1.29, 1.82) is 0 Å². The van der Waals surface area contributed by atoms with E-state index in [0.29, 0.717) is 12.8 Å². The first kappa shape index (κ1) is 31.7. The smallest absolute Gasteiger partial charge is 0.306 e. The van der Waals surface area contributed by atoms with Crippen molar-refractivity contribution < 1.29 is 19.4 Å². The molecule has 0 amide bonds. The highest BCUT2D eigenvalue weighted by molar-refractivity contribution is 5.69. The van der Waals surface area contributed by atoms with Gasteiger partial charge in [-0.15, -0.1) is 0 Å². The second kappa shape index (κ2) is 25.3. The maximum Gasteiger partial charge on any atom is 0.306 e. The fourth-order valence-corrected chi connectivity index (χ4v) is 4.12. The van der Waals surface area contributed by atoms with Gasteiger partial charge in [0.1, 0.15) is 6.10 Å². The first-order chi connectivity index (χ1) is 16.1. The van der Waals surface area contributed by atoms with Crippen LogP contribution in [-0.2, 0) is 14.3 Å². The summed E-state index contributed by atoms with van der Waals surface area (Å²) in [6, 6.07) is 0. The molecule has 194 valence electrons. The van der Waals surface area contributed by atoms with Crippen molar-refractivity contribution >= 4 is 11.9 Å². The fraction of sp³-hybridized carbons (Fsp3) is 0.862. The van der Waals surface area contributed by atoms with E-state index >= 15 is 0 Å². The third-order valence-electron chi connectivity index (χ3n) is 6.24. The second-order valence-electron chi connectivity index (χ2n) is 9.58. The molecule has 0 saturated carbocycles. The van der Waals surface area contributed by atoms with Crippen LogP contribution in [-0.4, -0.2) is 23.1 Å². The molecule has 4 heteroatoms. The van der Waals surface area contributed by atoms with Crippen LogP contribution in [0.1, 0.15) is 155 Å². The van der Waals surface area contributed by atoms with Crippen molar-refractivity contribution in [3.63, 3.8) is 0 Å². The molecule has 0 aliphatic rings. The number of aliphatic carboxylic acids is 1. The molecule has 0 radical (unpaired) electrons. The van der Waals surface area contributed by atoms with Gasteiger partial charge < -0.3 is 9.84 Å². The zero-order valence-corrected chi connectivity index (χ0v) is 22.0. The number of hydrogen-bond acceptors (Lipinski definition) is 3. The van der Waals surface area contributed by atoms with Gasteiger partial charge in [-0.1, -0.05) is 90.2 Å². The minimum absolute atomic E-state index is 0.00736. The van der Waals surface area contributed by atoms with Crippen molar-refractivity contribution in [2.45, 2.75) is 161 Å². The second-order valence-corrected chi connectivity index (χ2v) is 9.58. The summed E-state index contributed by atoms with van der Waals surface area (Å²) in [5.41, 5.74) is 0. The third kappa shape index (κ3) is 25.1. The lowest BCUT2D eigenvalue weighted by Crippen LogP contribution is -2.18. The summed E-state index contributed by atoms with van der Waals surface area (Å²) >= 11 is 0. The molecule has 0 aromatic carbocycles. The Morgan fingerprint density at radius 3 is 1.67 bits per heavy atom. The first-order valence-electron chi connectivity index (χ1n) is 14.2. The van der Waals surface area contributed by atoms with E-state index in [0.717, 1.165) is 44.9 Å². The van der Waals surface area contributed by atoms with Crippen molar-refractivity contribution in [3.8, 4) is 0 Å². The van der Waals surface area contributed by atoms with Gasteiger partial charge in [-0.25, -0.2) is 0 Å². The Labute approximate surface area is 204 Å². The van der Waals surface area contributed by atoms with Gasteiger partial charge in [0.2, 0.25) is 0 Å². The fourth-order valence-electron chi connectivity index (χ4n) is 4.12. The summed E-state index contributed by atoms with van der Waals surface area (Å²) in [7, 11) is 0. The van der Waals surface area contributed by atoms with Crippen molar-refractivity contribution in [2.24, 2.45) is 0 Å². The summed E-state index contributed by atoms with van der Waals surface area (Å²) < 4.78 is 5.80. The van der Waals surface area contributed by atoms with E-state index in [9.17, 15) is 9.59 Å². The Bertz CT molecular complexity index is 472. The molecule has 0 saturated heterocycles. The number of unbranched alkanes of at least 4 members (excludes halogenated alkanes) is 14. The average Bonchev–Trinajstić information content (AvgIpc) is 2.79. The van der Waals surface area contributed by atoms with Crippen molar-refractivity contribution in [3.05, 3.63) is 12.2 Å². The molecule has 0 aromatic rings. The molecule has 0 bridgehead atoms. The SMILES string of the molecule is CCCCCC/C=C\CCCCCCCC(=O)OC(CCCCCC)CCCCCC(=O)O. The average molecular weight is 467 g/mol. The molecule has 33 heavy (non-hydrogen) atoms. The van der Waals surface area contributed by atoms with E-state index in [1.54, 1.807) is 0 Å². The molecule has 4 nitrogen and oxygen atoms in total. The highest BCUT2D eigenvalue weighted by Crippen LogP contribution is 2.17. The molecule has 1 atom stereocenters. The molecule has 0 rings (SSSR count). The van der Waals surface area contributed by atoms with Gasteiger partial charge in [-0.05, 0) is 64.2 Å². The summed E-state index contributed by atoms with van der Waals surface area (Å²) in [6.07, 6.45) is 28.0. The number of allylic oxidation sites excluding steroid dienone is 2. The maximum absolute atomic E-state index is 12.3. The van der Waals surface area contributed by atoms with E-state index in [4.69, 9.17) is 9.84 Å². The van der Waals surface area contributed by atoms with E-state index in [1.807, 2.05) is 0 Å². The largest absolute Gasteiger partial charge is 0.481 e. The number of carboxylic acid groups (broad SMARTS) is 1. The van der Waals surface area contributed by atoms with Gasteiger partial charge in [0.05, 0.1) is 0 Å². The number of esters is 1. The molecule has 0 fully saturated rings. The van der Waals surface area contributed by atoms with Gasteiger partial charge in [-0.2, -0.15) is 0 Å². The van der Waals surface area contributed by atoms with E-state index < -0.39 is 5.97 Å². The minimum atomic E-state index is -0.730. The Kier molecular flexibility index (Phi) is 24.3. The lowest BCUT2D eigenvalue weighted by atomic mass is 10.0. The van der Waals surface area contributed by atoms with Gasteiger partial charge in [0, 0.05) is 12.8 Å². The predicted octanol–water partition coefficient (Wildman–Crippen LogP) is 9.16. The zero-order valence-electron chi connectivity index (χ0n) is 22.0. The lowest BCUT2D eigenvalue weighted by Gasteiger charge is -2.18. The van der Waals surface area contributed by atoms with Crippen LogP contribution in [0.4, 0.5) is 0 Å². The van der Waals surface area contributed by atoms with Crippen LogP contribution in [0, 0.1) is 0 Å². The third-order valence-corrected chi connectivity index (χ3v) is 6.24. The molecular formula is C29H54O4. The molecular weight excluding hydrogens is 412 g/mol. The Morgan fingerprint density at radius 1 is 0.636 bits per heavy atom. The summed E-state index contributed by atoms with van der Waals surface area (Å²) in [6.45, 7) is 4.45. The van der Waals surface area contributed by atoms with Crippen LogP contribution < -0.4 is 0 Å². The quantitative estimate of drug-likeness (QED) is 0.0827. The van der Waals surface area contributed by atoms with Crippen LogP contribution in [0.15, 0.2) is 12.2 Å². The maximum atomic E-state index is 12.3. The first-order valence-corrected chi connectivity index (χ1v) is 14.2. The Morgan fingerprint density at radius 2 is 1.09 bits per heavy atom. The van der Waals surface area contributed by atoms with Gasteiger partial charge in [0.15, 0.2) is 0 Å². The van der Waals surface area contributed by atoms with Crippen molar-refractivity contribution in [2.75, 3.05) is 0 Å². The normalized spacial score (nSPS) is 12.3. The van der Waals surface area contributed by atoms with Gasteiger partial charge in [0.25, 0.3) is 0 Å². The van der Waals surface area contributed by atoms with Gasteiger partial charge >= 0.3 is 11.9 Å². The highest BCUT2D eigenvalue weighted by Gasteiger charge is 2.14. The molecule has 0 spiro atoms. The Balaban J connectivity index is 3.84. The number of ether oxygens (including phenoxy) is 1. The standard InChI is InChI=1S/C29H54O4/c1-3-5-7-9-10-11-12-13-14-15-16-17-22-26-29(32)33-27(23-19-8-6-4-2)24-20-18-21-25-28(30)31/h11-12,27H,3-10,13-26H2,1-2H3,(H,30,31)/b12-11-. The van der Waals surface area contributed by atoms with E-state index in [2.05, 4.69) is 26.0 Å². The molecule has 1 N–H and O–H groups in total. The summed E-state index contributed by atoms with van der Waals surface area (Å²) in [5, 5.41) is 8.75. The molecule has 0 aromatic heterocycles. The Hall–Kier alpha value is -1.32. The monoisotopic (exact) mass is 466 g/mol. The number of hydrogen-bond donors (Lipinski definition) is 1. The van der Waals surface area contributed by atoms with E-state index in [1.165, 1.54) is 77.0 Å². The number of carboxylic acids is 1. The summed E-state index contributed by atoms with van der Waals surface area (Å²) in [4.78, 5) is 23.0. The molecule has 0 aliphatic heterocycles. The van der Waals surface area contributed by atoms with Crippen LogP contribution in [0.2, 0.25) is 0 Å². The van der Waals surface area contributed by atoms with Crippen LogP contribution in [0.5, 0.6) is 0 Å². The van der Waals surface area contributed by atoms with E-state index in [-0.39, 0.29) is 18.5 Å². The number of carbonyl (C=O) groups is 2. The molecule has 1 unspecified atom stereocenters. The summed E-state index contributed by atoms with van der Waals surface area (Å²) in [5.74, 6) is -0.779. The van der Waals surface area contributed by atoms with Gasteiger partial charge in [-0.3, -0.25) is 9.59 Å². The molecule has 0 aliphatic carbocycles. The van der Waals surface area contributed by atoms with Crippen LogP contribution >= 0.6 is 0 Å². The van der Waals surface area contributed by atoms with Crippen LogP contribution in [0.25, 0.3) is 0 Å². The van der Waals surface area contributed by atoms with Crippen molar-refractivity contribution in [1.82, 2.24) is 0 Å². The minimum Gasteiger partial charge on any atom is -0.481 e. The number of carbonyl (C=O) groups excluding carboxylic acids is 1. The highest BCUT2D eigenvalue weighted by atomic mass is 16.5. The molecule has 0 heterocycles. The van der Waals surface area contributed by atoms with Crippen LogP contribution in [0.3, 0.4) is 0 Å². The topological polar surface area (TPSA) is 63.6 Å². The zero-order chi connectivity index (χ0) is 24.4. The predicted molar refractivity (Wildman–Crippen MR) is 140 cm³/mol.